The molecule has 1 aliphatic rings. The normalized spacial score (nSPS) is 23.2. The van der Waals surface area contributed by atoms with E-state index in [0.29, 0.717) is 19.0 Å². The molecule has 0 bridgehead atoms. The Labute approximate surface area is 110 Å². The van der Waals surface area contributed by atoms with E-state index in [9.17, 15) is 4.79 Å². The third-order valence-corrected chi connectivity index (χ3v) is 3.31. The molecule has 8 heteroatoms. The molecule has 1 aromatic heterocycles. The Morgan fingerprint density at radius 3 is 2.83 bits per heavy atom. The summed E-state index contributed by atoms with van der Waals surface area (Å²) in [6.45, 7) is 3.13. The molecule has 1 aliphatic heterocycles. The van der Waals surface area contributed by atoms with Crippen LogP contribution in [0.5, 0.6) is 0 Å². The van der Waals surface area contributed by atoms with Crippen LogP contribution in [0.1, 0.15) is 13.3 Å². The van der Waals surface area contributed by atoms with E-state index in [1.807, 2.05) is 11.8 Å². The number of amides is 1. The van der Waals surface area contributed by atoms with E-state index >= 15 is 0 Å². The molecule has 1 atom stereocenters. The van der Waals surface area contributed by atoms with Crippen molar-refractivity contribution < 1.29 is 4.79 Å². The first-order chi connectivity index (χ1) is 8.44. The van der Waals surface area contributed by atoms with Gasteiger partial charge in [-0.1, -0.05) is 0 Å². The fraction of sp³-hybridized carbons (Fsp3) is 0.600. The van der Waals surface area contributed by atoms with E-state index in [4.69, 9.17) is 17.3 Å². The Morgan fingerprint density at radius 1 is 1.50 bits per heavy atom. The van der Waals surface area contributed by atoms with Crippen LogP contribution in [-0.2, 0) is 4.79 Å². The molecular weight excluding hydrogens is 256 g/mol. The molecule has 1 aromatic rings. The minimum Gasteiger partial charge on any atom is -0.368 e. The molecule has 1 saturated heterocycles. The van der Waals surface area contributed by atoms with Crippen molar-refractivity contribution >= 4 is 29.4 Å². The molecule has 1 unspecified atom stereocenters. The molecule has 0 radical (unpaired) electrons. The summed E-state index contributed by atoms with van der Waals surface area (Å²) in [5, 5.41) is 2.73. The molecule has 7 nitrogen and oxygen atoms in total. The van der Waals surface area contributed by atoms with Crippen molar-refractivity contribution in [1.82, 2.24) is 20.3 Å². The van der Waals surface area contributed by atoms with Crippen LogP contribution in [0.3, 0.4) is 0 Å². The van der Waals surface area contributed by atoms with Gasteiger partial charge in [-0.25, -0.2) is 0 Å². The molecular formula is C10H15ClN6O. The Bertz CT molecular complexity index is 461. The first-order valence-electron chi connectivity index (χ1n) is 5.59. The number of nitrogens with zero attached hydrogens (tertiary/aromatic N) is 4. The summed E-state index contributed by atoms with van der Waals surface area (Å²) in [7, 11) is 1.63. The van der Waals surface area contributed by atoms with Gasteiger partial charge in [-0.15, -0.1) is 0 Å². The van der Waals surface area contributed by atoms with Crippen molar-refractivity contribution in [2.24, 2.45) is 5.41 Å². The largest absolute Gasteiger partial charge is 0.368 e. The lowest BCUT2D eigenvalue weighted by Crippen LogP contribution is -2.39. The van der Waals surface area contributed by atoms with E-state index in [2.05, 4.69) is 20.3 Å². The van der Waals surface area contributed by atoms with Gasteiger partial charge in [0.25, 0.3) is 0 Å². The van der Waals surface area contributed by atoms with E-state index in [1.54, 1.807) is 7.05 Å². The van der Waals surface area contributed by atoms with Gasteiger partial charge in [-0.3, -0.25) is 4.79 Å². The lowest BCUT2D eigenvalue weighted by Gasteiger charge is -2.22. The van der Waals surface area contributed by atoms with Crippen LogP contribution < -0.4 is 16.0 Å². The van der Waals surface area contributed by atoms with Crippen LogP contribution in [0.25, 0.3) is 0 Å². The quantitative estimate of drug-likeness (QED) is 0.789. The van der Waals surface area contributed by atoms with Crippen LogP contribution >= 0.6 is 11.6 Å². The van der Waals surface area contributed by atoms with Gasteiger partial charge in [0, 0.05) is 20.1 Å². The number of nitrogens with two attached hydrogens (primary N) is 1. The molecule has 98 valence electrons. The van der Waals surface area contributed by atoms with Gasteiger partial charge >= 0.3 is 0 Å². The average Bonchev–Trinajstić information content (AvgIpc) is 2.71. The zero-order chi connectivity index (χ0) is 13.3. The predicted octanol–water partition coefficient (Wildman–Crippen LogP) is 0.0696. The van der Waals surface area contributed by atoms with Crippen molar-refractivity contribution in [2.75, 3.05) is 30.8 Å². The fourth-order valence-electron chi connectivity index (χ4n) is 2.11. The maximum Gasteiger partial charge on any atom is 0.231 e. The molecule has 3 N–H and O–H groups in total. The van der Waals surface area contributed by atoms with Gasteiger partial charge in [-0.05, 0) is 24.9 Å². The first kappa shape index (κ1) is 12.8. The van der Waals surface area contributed by atoms with Gasteiger partial charge in [0.15, 0.2) is 0 Å². The lowest BCUT2D eigenvalue weighted by atomic mass is 9.89. The number of rotatable bonds is 2. The van der Waals surface area contributed by atoms with Gasteiger partial charge in [-0.2, -0.15) is 15.0 Å². The number of nitrogens with one attached hydrogen (secondary N) is 1. The molecule has 1 amide bonds. The highest BCUT2D eigenvalue weighted by Gasteiger charge is 2.40. The third kappa shape index (κ3) is 2.31. The number of halogens is 1. The molecule has 0 aliphatic carbocycles. The van der Waals surface area contributed by atoms with E-state index < -0.39 is 5.41 Å². The van der Waals surface area contributed by atoms with Crippen molar-refractivity contribution in [3.63, 3.8) is 0 Å². The number of hydrogen-bond donors (Lipinski definition) is 2. The smallest absolute Gasteiger partial charge is 0.231 e. The zero-order valence-corrected chi connectivity index (χ0v) is 11.0. The number of aromatic nitrogens is 3. The second-order valence-electron chi connectivity index (χ2n) is 4.57. The zero-order valence-electron chi connectivity index (χ0n) is 10.3. The van der Waals surface area contributed by atoms with Gasteiger partial charge in [0.05, 0.1) is 5.41 Å². The van der Waals surface area contributed by atoms with Gasteiger partial charge < -0.3 is 16.0 Å². The Morgan fingerprint density at radius 2 is 2.22 bits per heavy atom. The molecule has 0 spiro atoms. The van der Waals surface area contributed by atoms with Gasteiger partial charge in [0.2, 0.25) is 23.1 Å². The van der Waals surface area contributed by atoms with Crippen LogP contribution in [0.15, 0.2) is 0 Å². The summed E-state index contributed by atoms with van der Waals surface area (Å²) in [4.78, 5) is 25.5. The number of hydrogen-bond acceptors (Lipinski definition) is 6. The summed E-state index contributed by atoms with van der Waals surface area (Å²) in [5.41, 5.74) is 5.09. The maximum absolute atomic E-state index is 11.8. The Kier molecular flexibility index (Phi) is 3.25. The third-order valence-electron chi connectivity index (χ3n) is 3.15. The van der Waals surface area contributed by atoms with Crippen molar-refractivity contribution in [1.29, 1.82) is 0 Å². The molecule has 2 rings (SSSR count). The monoisotopic (exact) mass is 270 g/mol. The highest BCUT2D eigenvalue weighted by Crippen LogP contribution is 2.32. The van der Waals surface area contributed by atoms with Crippen LogP contribution in [-0.4, -0.2) is 41.0 Å². The molecule has 1 fully saturated rings. The number of nitrogen functional groups attached to an aromatic ring is 1. The number of carbonyl (C=O) groups excluding carboxylic acids is 1. The Balaban J connectivity index is 2.20. The SMILES string of the molecule is CNC(=O)C1(C)CCN(c2nc(N)nc(Cl)n2)C1. The second kappa shape index (κ2) is 4.56. The lowest BCUT2D eigenvalue weighted by molar-refractivity contribution is -0.128. The summed E-state index contributed by atoms with van der Waals surface area (Å²) in [6.07, 6.45) is 0.732. The average molecular weight is 271 g/mol. The summed E-state index contributed by atoms with van der Waals surface area (Å²) >= 11 is 5.74. The predicted molar refractivity (Wildman–Crippen MR) is 68.3 cm³/mol. The van der Waals surface area contributed by atoms with Crippen LogP contribution in [0, 0.1) is 5.41 Å². The fourth-order valence-corrected chi connectivity index (χ4v) is 2.28. The Hall–Kier alpha value is -1.63. The molecule has 0 saturated carbocycles. The highest BCUT2D eigenvalue weighted by atomic mass is 35.5. The number of anilines is 2. The van der Waals surface area contributed by atoms with Crippen LogP contribution in [0.4, 0.5) is 11.9 Å². The molecule has 18 heavy (non-hydrogen) atoms. The van der Waals surface area contributed by atoms with Crippen LogP contribution in [0.2, 0.25) is 5.28 Å². The molecule has 0 aromatic carbocycles. The van der Waals surface area contributed by atoms with E-state index in [1.165, 1.54) is 0 Å². The highest BCUT2D eigenvalue weighted by molar-refractivity contribution is 6.28. The first-order valence-corrected chi connectivity index (χ1v) is 5.96. The van der Waals surface area contributed by atoms with Crippen molar-refractivity contribution in [2.45, 2.75) is 13.3 Å². The minimum atomic E-state index is -0.442. The number of carbonyl (C=O) groups is 1. The molecule has 2 heterocycles. The maximum atomic E-state index is 11.8. The van der Waals surface area contributed by atoms with E-state index in [-0.39, 0.29) is 17.1 Å². The van der Waals surface area contributed by atoms with Crippen molar-refractivity contribution in [3.05, 3.63) is 5.28 Å². The standard InChI is InChI=1S/C10H15ClN6O/c1-10(6(18)13-2)3-4-17(5-10)9-15-7(11)14-8(12)16-9/h3-5H2,1-2H3,(H,13,18)(H2,12,14,15,16). The second-order valence-corrected chi connectivity index (χ2v) is 4.91. The minimum absolute atomic E-state index is 0.0122. The van der Waals surface area contributed by atoms with E-state index in [0.717, 1.165) is 6.42 Å². The topological polar surface area (TPSA) is 97.0 Å². The summed E-state index contributed by atoms with van der Waals surface area (Å²) in [5.74, 6) is 0.511. The van der Waals surface area contributed by atoms with Crippen molar-refractivity contribution in [3.8, 4) is 0 Å². The summed E-state index contributed by atoms with van der Waals surface area (Å²) < 4.78 is 0. The summed E-state index contributed by atoms with van der Waals surface area (Å²) in [6, 6.07) is 0. The van der Waals surface area contributed by atoms with Gasteiger partial charge in [0.1, 0.15) is 0 Å².